The van der Waals surface area contributed by atoms with E-state index in [9.17, 15) is 10.1 Å². The van der Waals surface area contributed by atoms with E-state index >= 15 is 0 Å². The van der Waals surface area contributed by atoms with Crippen molar-refractivity contribution in [1.82, 2.24) is 4.90 Å². The van der Waals surface area contributed by atoms with Gasteiger partial charge >= 0.3 is 6.09 Å². The summed E-state index contributed by atoms with van der Waals surface area (Å²) in [7, 11) is 0. The van der Waals surface area contributed by atoms with Gasteiger partial charge in [-0.3, -0.25) is 0 Å². The maximum Gasteiger partial charge on any atom is 0.410 e. The molecule has 1 aliphatic heterocycles. The molecule has 0 radical (unpaired) electrons. The van der Waals surface area contributed by atoms with Crippen molar-refractivity contribution in [3.05, 3.63) is 34.9 Å². The Kier molecular flexibility index (Phi) is 4.05. The average molecular weight is 327 g/mol. The summed E-state index contributed by atoms with van der Waals surface area (Å²) in [5.41, 5.74) is 8.88. The van der Waals surface area contributed by atoms with Gasteiger partial charge in [0.1, 0.15) is 5.60 Å². The molecule has 0 unspecified atom stereocenters. The van der Waals surface area contributed by atoms with Crippen LogP contribution in [0.15, 0.2) is 18.2 Å². The van der Waals surface area contributed by atoms with Crippen LogP contribution < -0.4 is 5.73 Å². The molecular weight excluding hydrogens is 302 g/mol. The summed E-state index contributed by atoms with van der Waals surface area (Å²) in [4.78, 5) is 14.0. The van der Waals surface area contributed by atoms with Crippen LogP contribution in [-0.4, -0.2) is 29.7 Å². The Morgan fingerprint density at radius 1 is 1.38 bits per heavy atom. The highest BCUT2D eigenvalue weighted by Gasteiger charge is 2.45. The Morgan fingerprint density at radius 2 is 2.04 bits per heavy atom. The molecule has 0 saturated carbocycles. The minimum Gasteiger partial charge on any atom is -0.444 e. The van der Waals surface area contributed by atoms with E-state index in [2.05, 4.69) is 6.07 Å². The van der Waals surface area contributed by atoms with Crippen LogP contribution in [0.2, 0.25) is 0 Å². The summed E-state index contributed by atoms with van der Waals surface area (Å²) in [5.74, 6) is 0. The molecule has 1 fully saturated rings. The van der Waals surface area contributed by atoms with E-state index in [0.29, 0.717) is 18.7 Å². The first-order valence-electron chi connectivity index (χ1n) is 8.52. The molecule has 3 rings (SSSR count). The number of hydrogen-bond acceptors (Lipinski definition) is 4. The minimum atomic E-state index is -0.476. The van der Waals surface area contributed by atoms with Gasteiger partial charge in [0.2, 0.25) is 0 Å². The summed E-state index contributed by atoms with van der Waals surface area (Å²) < 4.78 is 5.47. The van der Waals surface area contributed by atoms with E-state index in [-0.39, 0.29) is 17.6 Å². The lowest BCUT2D eigenvalue weighted by Gasteiger charge is -2.40. The standard InChI is InChI=1S/C19H25N3O2/c1-18(2,3)24-17(23)22-8-6-19(7-9-22)11-16(21)14-5-4-13(12-20)10-15(14)19/h4-5,10,16H,6-9,11,21H2,1-3H3/t16-/m0/s1. The van der Waals surface area contributed by atoms with E-state index in [1.807, 2.05) is 39.0 Å². The number of carbonyl (C=O) groups is 1. The van der Waals surface area contributed by atoms with Gasteiger partial charge in [-0.2, -0.15) is 5.26 Å². The van der Waals surface area contributed by atoms with Crippen molar-refractivity contribution in [2.45, 2.75) is 57.1 Å². The lowest BCUT2D eigenvalue weighted by atomic mass is 9.73. The Hall–Kier alpha value is -2.06. The number of hydrogen-bond donors (Lipinski definition) is 1. The van der Waals surface area contributed by atoms with Crippen molar-refractivity contribution in [2.75, 3.05) is 13.1 Å². The number of piperidine rings is 1. The summed E-state index contributed by atoms with van der Waals surface area (Å²) >= 11 is 0. The molecule has 1 saturated heterocycles. The summed E-state index contributed by atoms with van der Waals surface area (Å²) in [6.45, 7) is 6.97. The number of fused-ring (bicyclic) bond motifs is 2. The third kappa shape index (κ3) is 2.99. The zero-order valence-electron chi connectivity index (χ0n) is 14.6. The van der Waals surface area contributed by atoms with Gasteiger partial charge in [-0.1, -0.05) is 6.07 Å². The fraction of sp³-hybridized carbons (Fsp3) is 0.579. The second kappa shape index (κ2) is 5.78. The number of nitrogens with zero attached hydrogens (tertiary/aromatic N) is 2. The van der Waals surface area contributed by atoms with E-state index in [1.54, 1.807) is 4.90 Å². The number of nitriles is 1. The fourth-order valence-electron chi connectivity index (χ4n) is 3.97. The minimum absolute atomic E-state index is 0.0138. The van der Waals surface area contributed by atoms with Crippen LogP contribution in [0, 0.1) is 11.3 Å². The maximum atomic E-state index is 12.3. The van der Waals surface area contributed by atoms with Gasteiger partial charge in [0.15, 0.2) is 0 Å². The Bertz CT molecular complexity index is 692. The molecule has 1 spiro atoms. The first-order valence-corrected chi connectivity index (χ1v) is 8.52. The van der Waals surface area contributed by atoms with E-state index in [0.717, 1.165) is 24.8 Å². The van der Waals surface area contributed by atoms with Gasteiger partial charge in [0, 0.05) is 24.5 Å². The molecule has 1 aromatic carbocycles. The van der Waals surface area contributed by atoms with Crippen molar-refractivity contribution in [3.8, 4) is 6.07 Å². The molecular formula is C19H25N3O2. The highest BCUT2D eigenvalue weighted by Crippen LogP contribution is 2.50. The van der Waals surface area contributed by atoms with Crippen LogP contribution in [0.25, 0.3) is 0 Å². The van der Waals surface area contributed by atoms with Crippen molar-refractivity contribution < 1.29 is 9.53 Å². The van der Waals surface area contributed by atoms with E-state index < -0.39 is 5.60 Å². The van der Waals surface area contributed by atoms with Gasteiger partial charge in [0.05, 0.1) is 11.6 Å². The quantitative estimate of drug-likeness (QED) is 0.793. The van der Waals surface area contributed by atoms with Crippen LogP contribution >= 0.6 is 0 Å². The molecule has 5 nitrogen and oxygen atoms in total. The molecule has 0 bridgehead atoms. The molecule has 1 heterocycles. The third-order valence-electron chi connectivity index (χ3n) is 5.14. The SMILES string of the molecule is CC(C)(C)OC(=O)N1CCC2(CC1)C[C@H](N)c1ccc(C#N)cc12. The van der Waals surface area contributed by atoms with Crippen LogP contribution in [0.3, 0.4) is 0 Å². The first-order chi connectivity index (χ1) is 11.2. The summed E-state index contributed by atoms with van der Waals surface area (Å²) in [6, 6.07) is 8.06. The van der Waals surface area contributed by atoms with E-state index in [1.165, 1.54) is 5.56 Å². The highest BCUT2D eigenvalue weighted by molar-refractivity contribution is 5.68. The van der Waals surface area contributed by atoms with Gasteiger partial charge in [-0.25, -0.2) is 4.79 Å². The van der Waals surface area contributed by atoms with Crippen LogP contribution in [-0.2, 0) is 10.2 Å². The Labute approximate surface area is 143 Å². The highest BCUT2D eigenvalue weighted by atomic mass is 16.6. The van der Waals surface area contributed by atoms with Gasteiger partial charge in [0.25, 0.3) is 0 Å². The number of amides is 1. The lowest BCUT2D eigenvalue weighted by Crippen LogP contribution is -2.46. The molecule has 2 aliphatic rings. The molecule has 5 heteroatoms. The first kappa shape index (κ1) is 16.8. The topological polar surface area (TPSA) is 79.3 Å². The summed E-state index contributed by atoms with van der Waals surface area (Å²) in [5, 5.41) is 9.19. The molecule has 1 amide bonds. The largest absolute Gasteiger partial charge is 0.444 e. The monoisotopic (exact) mass is 327 g/mol. The third-order valence-corrected chi connectivity index (χ3v) is 5.14. The molecule has 24 heavy (non-hydrogen) atoms. The zero-order valence-corrected chi connectivity index (χ0v) is 14.6. The molecule has 1 aromatic rings. The molecule has 2 N–H and O–H groups in total. The van der Waals surface area contributed by atoms with Crippen LogP contribution in [0.1, 0.15) is 62.8 Å². The van der Waals surface area contributed by atoms with Gasteiger partial charge in [-0.05, 0) is 63.3 Å². The predicted molar refractivity (Wildman–Crippen MR) is 91.4 cm³/mol. The van der Waals surface area contributed by atoms with Crippen molar-refractivity contribution in [1.29, 1.82) is 5.26 Å². The molecule has 128 valence electrons. The number of ether oxygens (including phenoxy) is 1. The molecule has 1 atom stereocenters. The fourth-order valence-corrected chi connectivity index (χ4v) is 3.97. The average Bonchev–Trinajstić information content (AvgIpc) is 2.78. The molecule has 1 aliphatic carbocycles. The van der Waals surface area contributed by atoms with Crippen molar-refractivity contribution in [3.63, 3.8) is 0 Å². The Morgan fingerprint density at radius 3 is 2.62 bits per heavy atom. The van der Waals surface area contributed by atoms with Crippen LogP contribution in [0.5, 0.6) is 0 Å². The number of carbonyl (C=O) groups excluding carboxylic acids is 1. The second-order valence-electron chi connectivity index (χ2n) is 7.97. The Balaban J connectivity index is 1.78. The normalized spacial score (nSPS) is 22.1. The van der Waals surface area contributed by atoms with Crippen LogP contribution in [0.4, 0.5) is 4.79 Å². The van der Waals surface area contributed by atoms with Gasteiger partial charge in [-0.15, -0.1) is 0 Å². The number of likely N-dealkylation sites (tertiary alicyclic amines) is 1. The maximum absolute atomic E-state index is 12.3. The van der Waals surface area contributed by atoms with Crippen molar-refractivity contribution >= 4 is 6.09 Å². The number of rotatable bonds is 0. The number of nitrogens with two attached hydrogens (primary N) is 1. The predicted octanol–water partition coefficient (Wildman–Crippen LogP) is 3.23. The lowest BCUT2D eigenvalue weighted by molar-refractivity contribution is 0.0162. The van der Waals surface area contributed by atoms with Crippen molar-refractivity contribution in [2.24, 2.45) is 5.73 Å². The smallest absolute Gasteiger partial charge is 0.410 e. The second-order valence-corrected chi connectivity index (χ2v) is 7.97. The van der Waals surface area contributed by atoms with E-state index in [4.69, 9.17) is 10.5 Å². The molecule has 0 aromatic heterocycles. The number of benzene rings is 1. The van der Waals surface area contributed by atoms with Gasteiger partial charge < -0.3 is 15.4 Å². The zero-order chi connectivity index (χ0) is 17.5. The summed E-state index contributed by atoms with van der Waals surface area (Å²) in [6.07, 6.45) is 2.37.